The zero-order valence-electron chi connectivity index (χ0n) is 25.8. The molecule has 14 nitrogen and oxygen atoms in total. The van der Waals surface area contributed by atoms with E-state index in [1.807, 2.05) is 0 Å². The van der Waals surface area contributed by atoms with E-state index in [9.17, 15) is 44.6 Å². The van der Waals surface area contributed by atoms with E-state index >= 15 is 4.39 Å². The number of aliphatic hydroxyl groups is 3. The number of rotatable bonds is 10. The maximum Gasteiger partial charge on any atom is 0.407 e. The summed E-state index contributed by atoms with van der Waals surface area (Å²) in [6, 6.07) is 5.68. The second-order valence-corrected chi connectivity index (χ2v) is 13.0. The first kappa shape index (κ1) is 34.1. The maximum absolute atomic E-state index is 17.2. The zero-order chi connectivity index (χ0) is 34.4. The number of nitrogens with zero attached hydrogens (tertiary/aromatic N) is 1. The van der Waals surface area contributed by atoms with E-state index in [4.69, 9.17) is 9.47 Å². The van der Waals surface area contributed by atoms with Crippen LogP contribution in [0.1, 0.15) is 55.5 Å². The van der Waals surface area contributed by atoms with Gasteiger partial charge in [0.2, 0.25) is 5.78 Å². The van der Waals surface area contributed by atoms with Crippen LogP contribution in [0.3, 0.4) is 0 Å². The standard InChI is InChI=1S/C32H37FN2O12/c1-29-10-9-21(36)13-20(29)7-8-22-23-14-24(37)32(42,30(23,2)15-25(38)31(22,29)33)26(39)17-46-28(41)34-11-12-45-27(40)19-5-3-18(4-6-19)16-47-35(43)44/h3-6,9-10,13,22-25,37-38,42H,7-8,11-12,14-17H2,1-2H3,(H,34,41)/t22?,23?,24-,25+,29+,30+,31+,32+/m1/s1. The lowest BCUT2D eigenvalue weighted by atomic mass is 9.44. The van der Waals surface area contributed by atoms with Crippen LogP contribution in [0.2, 0.25) is 0 Å². The highest BCUT2D eigenvalue weighted by Gasteiger charge is 2.76. The fourth-order valence-corrected chi connectivity index (χ4v) is 8.27. The van der Waals surface area contributed by atoms with Crippen LogP contribution in [0.25, 0.3) is 0 Å². The lowest BCUT2D eigenvalue weighted by Crippen LogP contribution is -2.69. The average molecular weight is 661 g/mol. The number of aliphatic hydroxyl groups excluding tert-OH is 2. The molecule has 3 saturated carbocycles. The Balaban J connectivity index is 1.15. The molecule has 3 fully saturated rings. The first-order valence-corrected chi connectivity index (χ1v) is 15.3. The summed E-state index contributed by atoms with van der Waals surface area (Å²) >= 11 is 0. The highest BCUT2D eigenvalue weighted by Crippen LogP contribution is 2.69. The van der Waals surface area contributed by atoms with Crippen LogP contribution in [-0.4, -0.2) is 87.3 Å². The number of hydrogen-bond acceptors (Lipinski definition) is 12. The molecular weight excluding hydrogens is 623 g/mol. The number of esters is 1. The molecule has 4 aliphatic rings. The van der Waals surface area contributed by atoms with E-state index in [-0.39, 0.29) is 50.4 Å². The molecule has 5 rings (SSSR count). The van der Waals surface area contributed by atoms with Crippen molar-refractivity contribution in [3.05, 3.63) is 69.3 Å². The SMILES string of the molecule is C[C@]12C=CC(=O)C=C1CCC1C3C[C@@H](O)[C@](O)(C(=O)COC(=O)NCCOC(=O)c4ccc(CO[N+](=O)[O-])cc4)[C@@]3(C)C[C@H](O)[C@@]12F. The number of ketones is 2. The fraction of sp³-hybridized carbons (Fsp3) is 0.562. The van der Waals surface area contributed by atoms with Crippen molar-refractivity contribution in [3.8, 4) is 0 Å². The van der Waals surface area contributed by atoms with E-state index in [0.717, 1.165) is 0 Å². The fourth-order valence-electron chi connectivity index (χ4n) is 8.27. The Morgan fingerprint density at radius 3 is 2.49 bits per heavy atom. The molecule has 1 amide bonds. The molecule has 2 unspecified atom stereocenters. The number of allylic oxidation sites excluding steroid dienone is 4. The Bertz CT molecular complexity index is 1530. The van der Waals surface area contributed by atoms with Crippen LogP contribution in [0.5, 0.6) is 0 Å². The minimum absolute atomic E-state index is 0.119. The van der Waals surface area contributed by atoms with Crippen LogP contribution in [-0.2, 0) is 30.5 Å². The van der Waals surface area contributed by atoms with Crippen molar-refractivity contribution >= 4 is 23.6 Å². The van der Waals surface area contributed by atoms with Gasteiger partial charge in [0.1, 0.15) is 13.2 Å². The summed E-state index contributed by atoms with van der Waals surface area (Å²) in [5.41, 5.74) is -6.22. The smallest absolute Gasteiger partial charge is 0.407 e. The van der Waals surface area contributed by atoms with E-state index in [2.05, 4.69) is 10.2 Å². The number of ether oxygens (including phenoxy) is 2. The van der Waals surface area contributed by atoms with Crippen molar-refractivity contribution in [3.63, 3.8) is 0 Å². The Kier molecular flexibility index (Phi) is 9.03. The van der Waals surface area contributed by atoms with Crippen LogP contribution >= 0.6 is 0 Å². The number of Topliss-reactive ketones (excluding diaryl/α,β-unsaturated/α-hetero) is 1. The van der Waals surface area contributed by atoms with Gasteiger partial charge in [-0.25, -0.2) is 14.0 Å². The second-order valence-electron chi connectivity index (χ2n) is 13.0. The van der Waals surface area contributed by atoms with Crippen molar-refractivity contribution in [1.82, 2.24) is 5.32 Å². The van der Waals surface area contributed by atoms with E-state index in [1.165, 1.54) is 49.4 Å². The summed E-state index contributed by atoms with van der Waals surface area (Å²) in [5, 5.41) is 45.9. The van der Waals surface area contributed by atoms with Gasteiger partial charge < -0.3 is 34.9 Å². The summed E-state index contributed by atoms with van der Waals surface area (Å²) in [6.45, 7) is 1.50. The van der Waals surface area contributed by atoms with Crippen molar-refractivity contribution < 1.29 is 58.3 Å². The largest absolute Gasteiger partial charge is 0.460 e. The number of benzene rings is 1. The monoisotopic (exact) mass is 660 g/mol. The number of amides is 1. The number of alkyl carbamates (subject to hydrolysis) is 1. The third-order valence-corrected chi connectivity index (χ3v) is 10.8. The summed E-state index contributed by atoms with van der Waals surface area (Å²) in [6.07, 6.45) is -0.0303. The number of carbonyl (C=O) groups excluding carboxylic acids is 4. The van der Waals surface area contributed by atoms with Gasteiger partial charge in [-0.1, -0.05) is 30.7 Å². The van der Waals surface area contributed by atoms with E-state index in [0.29, 0.717) is 17.6 Å². The first-order valence-electron chi connectivity index (χ1n) is 15.3. The van der Waals surface area contributed by atoms with Gasteiger partial charge in [-0.2, -0.15) is 0 Å². The van der Waals surface area contributed by atoms with Gasteiger partial charge in [0.25, 0.3) is 5.09 Å². The molecular formula is C32H37FN2O12. The molecule has 0 aliphatic heterocycles. The van der Waals surface area contributed by atoms with Gasteiger partial charge in [0.05, 0.1) is 24.3 Å². The lowest BCUT2D eigenvalue weighted by Gasteiger charge is -2.62. The summed E-state index contributed by atoms with van der Waals surface area (Å²) in [7, 11) is 0. The Labute approximate surface area is 268 Å². The molecule has 254 valence electrons. The molecule has 4 aliphatic carbocycles. The molecule has 0 saturated heterocycles. The van der Waals surface area contributed by atoms with Crippen molar-refractivity contribution in [1.29, 1.82) is 0 Å². The van der Waals surface area contributed by atoms with Gasteiger partial charge in [-0.15, -0.1) is 10.1 Å². The third kappa shape index (κ3) is 5.59. The Morgan fingerprint density at radius 2 is 1.81 bits per heavy atom. The van der Waals surface area contributed by atoms with Crippen LogP contribution in [0.4, 0.5) is 9.18 Å². The second kappa shape index (κ2) is 12.4. The number of fused-ring (bicyclic) bond motifs is 5. The molecule has 0 bridgehead atoms. The molecule has 47 heavy (non-hydrogen) atoms. The van der Waals surface area contributed by atoms with Gasteiger partial charge in [-0.3, -0.25) is 9.59 Å². The summed E-state index contributed by atoms with van der Waals surface area (Å²) in [5.74, 6) is -3.55. The Morgan fingerprint density at radius 1 is 1.11 bits per heavy atom. The van der Waals surface area contributed by atoms with Crippen molar-refractivity contribution in [2.45, 2.75) is 69.6 Å². The van der Waals surface area contributed by atoms with Crippen molar-refractivity contribution in [2.24, 2.45) is 22.7 Å². The maximum atomic E-state index is 17.2. The predicted octanol–water partition coefficient (Wildman–Crippen LogP) is 1.92. The number of carbonyl (C=O) groups is 4. The quantitative estimate of drug-likeness (QED) is 0.123. The molecule has 0 heterocycles. The summed E-state index contributed by atoms with van der Waals surface area (Å²) < 4.78 is 27.3. The van der Waals surface area contributed by atoms with Crippen LogP contribution in [0.15, 0.2) is 48.1 Å². The van der Waals surface area contributed by atoms with Gasteiger partial charge in [0.15, 0.2) is 23.7 Å². The zero-order valence-corrected chi connectivity index (χ0v) is 25.8. The lowest BCUT2D eigenvalue weighted by molar-refractivity contribution is -0.763. The Hall–Kier alpha value is -4.21. The van der Waals surface area contributed by atoms with Crippen molar-refractivity contribution in [2.75, 3.05) is 19.8 Å². The topological polar surface area (TPSA) is 212 Å². The number of alkyl halides is 1. The molecule has 1 aromatic carbocycles. The van der Waals surface area contributed by atoms with Crippen LogP contribution < -0.4 is 5.32 Å². The molecule has 8 atom stereocenters. The first-order chi connectivity index (χ1) is 22.1. The minimum atomic E-state index is -2.45. The number of halogens is 1. The third-order valence-electron chi connectivity index (χ3n) is 10.8. The molecule has 15 heteroatoms. The normalized spacial score (nSPS) is 35.4. The number of nitrogens with one attached hydrogen (secondary N) is 1. The highest BCUT2D eigenvalue weighted by molar-refractivity contribution is 6.01. The summed E-state index contributed by atoms with van der Waals surface area (Å²) in [4.78, 5) is 64.5. The van der Waals surface area contributed by atoms with Gasteiger partial charge in [0, 0.05) is 16.7 Å². The minimum Gasteiger partial charge on any atom is -0.460 e. The molecule has 0 aromatic heterocycles. The van der Waals surface area contributed by atoms with E-state index in [1.54, 1.807) is 6.92 Å². The van der Waals surface area contributed by atoms with E-state index < -0.39 is 75.7 Å². The molecule has 0 radical (unpaired) electrons. The molecule has 0 spiro atoms. The van der Waals surface area contributed by atoms with Crippen LogP contribution in [0, 0.1) is 32.8 Å². The highest BCUT2D eigenvalue weighted by atomic mass is 19.1. The average Bonchev–Trinajstić information content (AvgIpc) is 3.23. The van der Waals surface area contributed by atoms with Gasteiger partial charge >= 0.3 is 12.1 Å². The molecule has 1 aromatic rings. The molecule has 4 N–H and O–H groups in total. The van der Waals surface area contributed by atoms with Gasteiger partial charge in [-0.05, 0) is 68.4 Å². The predicted molar refractivity (Wildman–Crippen MR) is 158 cm³/mol. The number of hydrogen-bond donors (Lipinski definition) is 4.